The molecule has 1 saturated heterocycles. The molecule has 1 saturated carbocycles. The number of nitrogens with one attached hydrogen (secondary N) is 1. The summed E-state index contributed by atoms with van der Waals surface area (Å²) in [4.78, 5) is 31.1. The van der Waals surface area contributed by atoms with Crippen LogP contribution in [-0.4, -0.2) is 29.9 Å². The number of hydrogen-bond acceptors (Lipinski definition) is 4. The monoisotopic (exact) mass is 495 g/mol. The molecule has 2 aromatic rings. The number of amides is 2. The first-order chi connectivity index (χ1) is 17.9. The molecule has 0 aromatic heterocycles. The number of anilines is 2. The van der Waals surface area contributed by atoms with Crippen LogP contribution in [0.25, 0.3) is 0 Å². The van der Waals surface area contributed by atoms with E-state index in [1.165, 1.54) is 29.5 Å². The topological polar surface area (TPSA) is 61.9 Å². The third-order valence-corrected chi connectivity index (χ3v) is 8.59. The van der Waals surface area contributed by atoms with Crippen molar-refractivity contribution in [2.24, 2.45) is 11.8 Å². The molecule has 0 radical (unpaired) electrons. The highest BCUT2D eigenvalue weighted by molar-refractivity contribution is 6.14. The lowest BCUT2D eigenvalue weighted by Crippen LogP contribution is -2.38. The summed E-state index contributed by atoms with van der Waals surface area (Å²) in [6.07, 6.45) is 6.28. The van der Waals surface area contributed by atoms with Crippen LogP contribution < -0.4 is 10.2 Å². The number of carbonyl (C=O) groups excluding carboxylic acids is 2. The van der Waals surface area contributed by atoms with E-state index in [-0.39, 0.29) is 29.7 Å². The Morgan fingerprint density at radius 1 is 1.08 bits per heavy atom. The van der Waals surface area contributed by atoms with E-state index in [4.69, 9.17) is 4.74 Å². The Labute approximate surface area is 218 Å². The Hall–Kier alpha value is -3.38. The second-order valence-corrected chi connectivity index (χ2v) is 11.4. The van der Waals surface area contributed by atoms with Gasteiger partial charge in [-0.1, -0.05) is 44.7 Å². The van der Waals surface area contributed by atoms with Gasteiger partial charge in [-0.25, -0.2) is 0 Å². The fourth-order valence-electron chi connectivity index (χ4n) is 6.65. The van der Waals surface area contributed by atoms with Gasteiger partial charge >= 0.3 is 0 Å². The van der Waals surface area contributed by atoms with Crippen molar-refractivity contribution in [3.8, 4) is 0 Å². The van der Waals surface area contributed by atoms with Crippen LogP contribution in [-0.2, 0) is 16.1 Å². The largest absolute Gasteiger partial charge is 0.381 e. The molecule has 2 amide bonds. The zero-order valence-electron chi connectivity index (χ0n) is 21.5. The summed E-state index contributed by atoms with van der Waals surface area (Å²) in [6, 6.07) is 10.6. The summed E-state index contributed by atoms with van der Waals surface area (Å²) in [5.74, 6) is 0.974. The van der Waals surface area contributed by atoms with Crippen LogP contribution >= 0.6 is 0 Å². The predicted molar refractivity (Wildman–Crippen MR) is 143 cm³/mol. The smallest absolute Gasteiger partial charge is 0.272 e. The van der Waals surface area contributed by atoms with Gasteiger partial charge in [0, 0.05) is 36.9 Å². The molecule has 6 heteroatoms. The van der Waals surface area contributed by atoms with Gasteiger partial charge < -0.3 is 19.9 Å². The highest BCUT2D eigenvalue weighted by atomic mass is 16.5. The van der Waals surface area contributed by atoms with Crippen LogP contribution in [0.3, 0.4) is 0 Å². The third kappa shape index (κ3) is 3.49. The van der Waals surface area contributed by atoms with E-state index in [0.29, 0.717) is 42.6 Å². The van der Waals surface area contributed by atoms with Crippen molar-refractivity contribution in [1.29, 1.82) is 0 Å². The van der Waals surface area contributed by atoms with Crippen molar-refractivity contribution in [3.05, 3.63) is 82.2 Å². The number of carbonyl (C=O) groups is 2. The number of rotatable bonds is 4. The molecule has 1 atom stereocenters. The molecule has 4 aliphatic heterocycles. The van der Waals surface area contributed by atoms with Crippen molar-refractivity contribution in [1.82, 2.24) is 4.90 Å². The van der Waals surface area contributed by atoms with Gasteiger partial charge in [0.25, 0.3) is 11.8 Å². The van der Waals surface area contributed by atoms with Gasteiger partial charge in [-0.3, -0.25) is 9.59 Å². The second-order valence-electron chi connectivity index (χ2n) is 11.4. The minimum Gasteiger partial charge on any atom is -0.381 e. The molecule has 0 bridgehead atoms. The molecule has 6 nitrogen and oxygen atoms in total. The number of allylic oxidation sites excluding steroid dienone is 2. The van der Waals surface area contributed by atoms with Gasteiger partial charge in [0.1, 0.15) is 5.70 Å². The van der Waals surface area contributed by atoms with Crippen LogP contribution in [0.1, 0.15) is 84.1 Å². The van der Waals surface area contributed by atoms with E-state index < -0.39 is 0 Å². The van der Waals surface area contributed by atoms with Crippen molar-refractivity contribution < 1.29 is 14.3 Å². The van der Waals surface area contributed by atoms with E-state index in [1.807, 2.05) is 17.0 Å². The van der Waals surface area contributed by atoms with Crippen LogP contribution in [0.2, 0.25) is 0 Å². The number of fused-ring (bicyclic) bond motifs is 6. The van der Waals surface area contributed by atoms with Crippen molar-refractivity contribution in [2.45, 2.75) is 58.0 Å². The Bertz CT molecular complexity index is 1380. The normalized spacial score (nSPS) is 23.8. The summed E-state index contributed by atoms with van der Waals surface area (Å²) in [6.45, 7) is 10.7. The summed E-state index contributed by atoms with van der Waals surface area (Å²) in [7, 11) is 0. The average molecular weight is 496 g/mol. The lowest BCUT2D eigenvalue weighted by Gasteiger charge is -2.39. The van der Waals surface area contributed by atoms with Crippen LogP contribution in [0.15, 0.2) is 54.4 Å². The van der Waals surface area contributed by atoms with Gasteiger partial charge in [-0.05, 0) is 71.9 Å². The number of benzene rings is 2. The maximum absolute atomic E-state index is 13.6. The second kappa shape index (κ2) is 8.32. The van der Waals surface area contributed by atoms with Gasteiger partial charge in [0.15, 0.2) is 0 Å². The summed E-state index contributed by atoms with van der Waals surface area (Å²) in [5, 5.41) is 3.09. The summed E-state index contributed by atoms with van der Waals surface area (Å²) in [5.41, 5.74) is 8.86. The van der Waals surface area contributed by atoms with Crippen molar-refractivity contribution in [3.63, 3.8) is 0 Å². The molecule has 2 aromatic carbocycles. The maximum Gasteiger partial charge on any atom is 0.272 e. The third-order valence-electron chi connectivity index (χ3n) is 8.59. The molecule has 1 unspecified atom stereocenters. The lowest BCUT2D eigenvalue weighted by atomic mass is 9.90. The first kappa shape index (κ1) is 22.8. The first-order valence-electron chi connectivity index (χ1n) is 13.6. The molecule has 37 heavy (non-hydrogen) atoms. The van der Waals surface area contributed by atoms with Gasteiger partial charge in [0.2, 0.25) is 0 Å². The summed E-state index contributed by atoms with van der Waals surface area (Å²) < 4.78 is 5.61. The molecular formula is C31H33N3O3. The standard InChI is InChI=1S/C31H33N3O3/c1-17(2)13-28-30(35)32-26-14-24-23(15-27(26)34(28)18(3)19-9-11-37-12-10-19)29-22-6-4-5-21(20-7-8-20)25(22)16-33(29)31(24)36/h4-6,13-15,17,19-20,29H,3,7-12,16H2,1-2H3,(H,32,35)/b28-13-. The van der Waals surface area contributed by atoms with Crippen LogP contribution in [0, 0.1) is 11.8 Å². The Kier molecular flexibility index (Phi) is 5.12. The highest BCUT2D eigenvalue weighted by Gasteiger charge is 2.46. The van der Waals surface area contributed by atoms with E-state index in [0.717, 1.165) is 29.8 Å². The first-order valence-corrected chi connectivity index (χ1v) is 13.6. The van der Waals surface area contributed by atoms with Crippen LogP contribution in [0.4, 0.5) is 11.4 Å². The van der Waals surface area contributed by atoms with E-state index in [2.05, 4.69) is 54.9 Å². The number of nitrogens with zero attached hydrogens (tertiary/aromatic N) is 2. The molecular weight excluding hydrogens is 462 g/mol. The minimum absolute atomic E-state index is 0.0494. The molecule has 1 N–H and O–H groups in total. The van der Waals surface area contributed by atoms with Gasteiger partial charge in [0.05, 0.1) is 17.4 Å². The van der Waals surface area contributed by atoms with E-state index in [9.17, 15) is 9.59 Å². The number of hydrogen-bond donors (Lipinski definition) is 1. The Morgan fingerprint density at radius 3 is 2.57 bits per heavy atom. The fraction of sp³-hybridized carbons (Fsp3) is 0.419. The number of ether oxygens (including phenoxy) is 1. The molecule has 0 spiro atoms. The maximum atomic E-state index is 13.6. The minimum atomic E-state index is -0.153. The quantitative estimate of drug-likeness (QED) is 0.540. The molecule has 4 heterocycles. The molecule has 7 rings (SSSR count). The van der Waals surface area contributed by atoms with Crippen molar-refractivity contribution in [2.75, 3.05) is 23.4 Å². The molecule has 2 fully saturated rings. The Balaban J connectivity index is 1.37. The van der Waals surface area contributed by atoms with E-state index >= 15 is 0 Å². The van der Waals surface area contributed by atoms with E-state index in [1.54, 1.807) is 0 Å². The summed E-state index contributed by atoms with van der Waals surface area (Å²) >= 11 is 0. The fourth-order valence-corrected chi connectivity index (χ4v) is 6.65. The van der Waals surface area contributed by atoms with Crippen molar-refractivity contribution >= 4 is 23.2 Å². The predicted octanol–water partition coefficient (Wildman–Crippen LogP) is 5.86. The highest BCUT2D eigenvalue weighted by Crippen LogP contribution is 2.53. The molecule has 5 aliphatic rings. The zero-order chi connectivity index (χ0) is 25.4. The van der Waals surface area contributed by atoms with Gasteiger partial charge in [-0.15, -0.1) is 0 Å². The zero-order valence-corrected chi connectivity index (χ0v) is 21.5. The van der Waals surface area contributed by atoms with Gasteiger partial charge in [-0.2, -0.15) is 0 Å². The molecule has 190 valence electrons. The molecule has 1 aliphatic carbocycles. The lowest BCUT2D eigenvalue weighted by molar-refractivity contribution is -0.113. The van der Waals surface area contributed by atoms with Crippen LogP contribution in [0.5, 0.6) is 0 Å². The SMILES string of the molecule is C=C(C1CCOCC1)N1/C(=C\C(C)C)C(=O)Nc2cc3c(cc21)C1c2cccc(C4CC4)c2CN1C3=O. The average Bonchev–Trinajstić information content (AvgIpc) is 3.61. The Morgan fingerprint density at radius 2 is 1.84 bits per heavy atom.